The van der Waals surface area contributed by atoms with Crippen LogP contribution >= 0.6 is 0 Å². The molecular weight excluding hydrogens is 791 g/mol. The summed E-state index contributed by atoms with van der Waals surface area (Å²) in [6.07, 6.45) is 0. The van der Waals surface area contributed by atoms with Crippen LogP contribution in [0.3, 0.4) is 0 Å². The number of para-hydroxylation sites is 2. The quantitative estimate of drug-likeness (QED) is 0.157. The fourth-order valence-electron chi connectivity index (χ4n) is 9.64. The third-order valence-corrected chi connectivity index (χ3v) is 12.8. The van der Waals surface area contributed by atoms with Crippen LogP contribution in [0.4, 0.5) is 0 Å². The van der Waals surface area contributed by atoms with Gasteiger partial charge in [0, 0.05) is 54.9 Å². The molecule has 0 bridgehead atoms. The van der Waals surface area contributed by atoms with Gasteiger partial charge >= 0.3 is 0 Å². The topological polar surface area (TPSA) is 56.5 Å². The molecule has 3 aromatic heterocycles. The van der Waals surface area contributed by atoms with Gasteiger partial charge in [-0.15, -0.1) is 0 Å². The van der Waals surface area contributed by atoms with Crippen LogP contribution in [0.1, 0.15) is 0 Å². The Bertz CT molecular complexity index is 3890. The van der Waals surface area contributed by atoms with Crippen molar-refractivity contribution in [3.05, 3.63) is 224 Å². The van der Waals surface area contributed by atoms with Gasteiger partial charge in [0.15, 0.2) is 17.5 Å². The highest BCUT2D eigenvalue weighted by Crippen LogP contribution is 2.43. The molecule has 0 aliphatic carbocycles. The van der Waals surface area contributed by atoms with Gasteiger partial charge in [-0.1, -0.05) is 182 Å². The molecule has 0 N–H and O–H groups in total. The Balaban J connectivity index is 0.960. The minimum Gasteiger partial charge on any atom is -0.309 e. The predicted molar refractivity (Wildman–Crippen MR) is 269 cm³/mol. The number of nitrogens with zero attached hydrogens (tertiary/aromatic N) is 5. The number of rotatable bonds is 6. The maximum atomic E-state index is 5.46. The van der Waals surface area contributed by atoms with E-state index < -0.39 is 0 Å². The monoisotopic (exact) mass is 827 g/mol. The van der Waals surface area contributed by atoms with Gasteiger partial charge in [0.25, 0.3) is 0 Å². The van der Waals surface area contributed by atoms with Gasteiger partial charge in [-0.3, -0.25) is 0 Å². The molecule has 0 fully saturated rings. The Labute approximate surface area is 374 Å². The van der Waals surface area contributed by atoms with Crippen molar-refractivity contribution in [2.45, 2.75) is 0 Å². The van der Waals surface area contributed by atoms with E-state index in [1.807, 2.05) is 0 Å². The lowest BCUT2D eigenvalue weighted by molar-refractivity contribution is 1.08. The van der Waals surface area contributed by atoms with Crippen molar-refractivity contribution < 1.29 is 0 Å². The molecule has 13 aromatic rings. The molecule has 0 aliphatic heterocycles. The molecule has 0 atom stereocenters. The average Bonchev–Trinajstić information content (AvgIpc) is 3.73. The molecule has 0 saturated carbocycles. The lowest BCUT2D eigenvalue weighted by atomic mass is 9.94. The maximum absolute atomic E-state index is 5.46. The Hall–Kier alpha value is -8.80. The van der Waals surface area contributed by atoms with Crippen LogP contribution in [0.2, 0.25) is 0 Å². The first kappa shape index (κ1) is 36.8. The maximum Gasteiger partial charge on any atom is 0.164 e. The zero-order chi connectivity index (χ0) is 42.8. The van der Waals surface area contributed by atoms with Gasteiger partial charge < -0.3 is 4.57 Å². The zero-order valence-electron chi connectivity index (χ0n) is 35.1. The number of fused-ring (bicyclic) bond motifs is 9. The SMILES string of the molecule is c1ccc(-c2nc3cc(-c4ccc(-c5nc(-c6ccc7ccccc7c6)nc(-c6ccc7ccccc7c6)n5)cc4)ccc3c3c2ccc2c3c3ccccc3n2-c2ccccc2)cc1. The van der Waals surface area contributed by atoms with Crippen molar-refractivity contribution in [2.24, 2.45) is 0 Å². The summed E-state index contributed by atoms with van der Waals surface area (Å²) in [5, 5.41) is 10.5. The molecular formula is C60H37N5. The summed E-state index contributed by atoms with van der Waals surface area (Å²) < 4.78 is 2.39. The minimum absolute atomic E-state index is 0.621. The van der Waals surface area contributed by atoms with Crippen molar-refractivity contribution >= 4 is 65.0 Å². The fourth-order valence-corrected chi connectivity index (χ4v) is 9.64. The third kappa shape index (κ3) is 6.24. The van der Waals surface area contributed by atoms with Crippen LogP contribution in [0.5, 0.6) is 0 Å². The van der Waals surface area contributed by atoms with E-state index in [2.05, 4.69) is 229 Å². The first-order valence-electron chi connectivity index (χ1n) is 22.0. The molecule has 0 radical (unpaired) electrons. The number of hydrogen-bond donors (Lipinski definition) is 0. The molecule has 13 rings (SSSR count). The molecule has 0 unspecified atom stereocenters. The standard InChI is InChI=1S/C60H37N5/c1-3-15-41(16-4-1)57-51-33-34-54-56(50-21-11-12-22-53(50)65(54)48-19-5-2-6-20-48)55(51)49-32-31-45(37-52(49)61-57)40-23-27-42(28-24-40)58-62-59(46-29-25-38-13-7-9-17-43(38)35-46)64-60(63-58)47-30-26-39-14-8-10-18-44(39)36-47/h1-37H. The van der Waals surface area contributed by atoms with Gasteiger partial charge in [0.1, 0.15) is 0 Å². The van der Waals surface area contributed by atoms with E-state index in [0.29, 0.717) is 17.5 Å². The number of aromatic nitrogens is 5. The second-order valence-corrected chi connectivity index (χ2v) is 16.6. The van der Waals surface area contributed by atoms with Gasteiger partial charge in [-0.25, -0.2) is 19.9 Å². The van der Waals surface area contributed by atoms with E-state index in [-0.39, 0.29) is 0 Å². The second-order valence-electron chi connectivity index (χ2n) is 16.6. The molecule has 3 heterocycles. The van der Waals surface area contributed by atoms with Crippen LogP contribution < -0.4 is 0 Å². The highest BCUT2D eigenvalue weighted by molar-refractivity contribution is 6.29. The molecule has 0 spiro atoms. The molecule has 0 amide bonds. The average molecular weight is 828 g/mol. The fraction of sp³-hybridized carbons (Fsp3) is 0. The first-order chi connectivity index (χ1) is 32.2. The summed E-state index contributed by atoms with van der Waals surface area (Å²) in [5.74, 6) is 1.89. The summed E-state index contributed by atoms with van der Waals surface area (Å²) in [6.45, 7) is 0. The van der Waals surface area contributed by atoms with Crippen LogP contribution in [-0.2, 0) is 0 Å². The van der Waals surface area contributed by atoms with Crippen molar-refractivity contribution in [3.63, 3.8) is 0 Å². The summed E-state index contributed by atoms with van der Waals surface area (Å²) in [6, 6.07) is 79.3. The highest BCUT2D eigenvalue weighted by Gasteiger charge is 2.20. The zero-order valence-corrected chi connectivity index (χ0v) is 35.1. The van der Waals surface area contributed by atoms with E-state index in [9.17, 15) is 0 Å². The third-order valence-electron chi connectivity index (χ3n) is 12.8. The van der Waals surface area contributed by atoms with E-state index in [1.54, 1.807) is 0 Å². The van der Waals surface area contributed by atoms with Gasteiger partial charge in [-0.05, 0) is 75.1 Å². The predicted octanol–water partition coefficient (Wildman–Crippen LogP) is 15.3. The number of hydrogen-bond acceptors (Lipinski definition) is 4. The van der Waals surface area contributed by atoms with E-state index in [4.69, 9.17) is 19.9 Å². The van der Waals surface area contributed by atoms with Crippen LogP contribution in [0, 0.1) is 0 Å². The van der Waals surface area contributed by atoms with E-state index >= 15 is 0 Å². The highest BCUT2D eigenvalue weighted by atomic mass is 15.0. The van der Waals surface area contributed by atoms with Crippen molar-refractivity contribution in [2.75, 3.05) is 0 Å². The Morgan fingerprint density at radius 1 is 0.277 bits per heavy atom. The second kappa shape index (κ2) is 14.9. The molecule has 0 aliphatic rings. The smallest absolute Gasteiger partial charge is 0.164 e. The molecule has 10 aromatic carbocycles. The summed E-state index contributed by atoms with van der Waals surface area (Å²) in [5.41, 5.74) is 11.4. The summed E-state index contributed by atoms with van der Waals surface area (Å²) >= 11 is 0. The van der Waals surface area contributed by atoms with Gasteiger partial charge in [-0.2, -0.15) is 0 Å². The normalized spacial score (nSPS) is 11.7. The minimum atomic E-state index is 0.621. The van der Waals surface area contributed by atoms with E-state index in [0.717, 1.165) is 71.8 Å². The number of pyridine rings is 1. The van der Waals surface area contributed by atoms with Crippen LogP contribution in [-0.4, -0.2) is 24.5 Å². The largest absolute Gasteiger partial charge is 0.309 e. The van der Waals surface area contributed by atoms with Gasteiger partial charge in [0.05, 0.1) is 22.2 Å². The molecule has 65 heavy (non-hydrogen) atoms. The van der Waals surface area contributed by atoms with Crippen LogP contribution in [0.25, 0.3) is 127 Å². The Morgan fingerprint density at radius 3 is 1.48 bits per heavy atom. The Morgan fingerprint density at radius 2 is 0.800 bits per heavy atom. The summed E-state index contributed by atoms with van der Waals surface area (Å²) in [7, 11) is 0. The van der Waals surface area contributed by atoms with Crippen molar-refractivity contribution in [3.8, 4) is 62.2 Å². The van der Waals surface area contributed by atoms with Crippen LogP contribution in [0.15, 0.2) is 224 Å². The molecule has 5 nitrogen and oxygen atoms in total. The number of benzene rings is 10. The molecule has 302 valence electrons. The van der Waals surface area contributed by atoms with Crippen molar-refractivity contribution in [1.29, 1.82) is 0 Å². The Kier molecular flexibility index (Phi) is 8.46. The lowest BCUT2D eigenvalue weighted by Gasteiger charge is -2.14. The molecule has 0 saturated heterocycles. The lowest BCUT2D eigenvalue weighted by Crippen LogP contribution is -2.00. The van der Waals surface area contributed by atoms with Gasteiger partial charge in [0.2, 0.25) is 0 Å². The first-order valence-corrected chi connectivity index (χ1v) is 22.0. The van der Waals surface area contributed by atoms with E-state index in [1.165, 1.54) is 38.0 Å². The molecule has 5 heteroatoms. The summed E-state index contributed by atoms with van der Waals surface area (Å²) in [4.78, 5) is 20.8. The van der Waals surface area contributed by atoms with Crippen molar-refractivity contribution in [1.82, 2.24) is 24.5 Å².